The first kappa shape index (κ1) is 22.1. The zero-order chi connectivity index (χ0) is 15.5. The van der Waals surface area contributed by atoms with Crippen molar-refractivity contribution in [2.24, 2.45) is 0 Å². The van der Waals surface area contributed by atoms with Crippen LogP contribution in [0.25, 0.3) is 0 Å². The summed E-state index contributed by atoms with van der Waals surface area (Å²) in [7, 11) is 2.80. The molecule has 1 fully saturated rings. The monoisotopic (exact) mass is 376 g/mol. The van der Waals surface area contributed by atoms with Crippen LogP contribution >= 0.6 is 24.8 Å². The van der Waals surface area contributed by atoms with Gasteiger partial charge in [-0.2, -0.15) is 13.2 Å². The van der Waals surface area contributed by atoms with E-state index in [0.29, 0.717) is 31.9 Å². The van der Waals surface area contributed by atoms with Gasteiger partial charge in [-0.25, -0.2) is 0 Å². The van der Waals surface area contributed by atoms with Crippen LogP contribution in [0.4, 0.5) is 13.2 Å². The first-order valence-electron chi connectivity index (χ1n) is 6.70. The number of hydrogen-bond acceptors (Lipinski definition) is 4. The second-order valence-electron chi connectivity index (χ2n) is 4.84. The molecule has 9 heteroatoms. The van der Waals surface area contributed by atoms with Crippen LogP contribution in [0.1, 0.15) is 11.6 Å². The highest BCUT2D eigenvalue weighted by Crippen LogP contribution is 2.42. The number of halogens is 5. The van der Waals surface area contributed by atoms with Gasteiger partial charge in [-0.15, -0.1) is 24.8 Å². The fourth-order valence-electron chi connectivity index (χ4n) is 2.57. The third-order valence-corrected chi connectivity index (χ3v) is 3.56. The van der Waals surface area contributed by atoms with Gasteiger partial charge in [0.2, 0.25) is 0 Å². The Kier molecular flexibility index (Phi) is 9.05. The largest absolute Gasteiger partial charge is 0.497 e. The molecule has 0 aromatic heterocycles. The van der Waals surface area contributed by atoms with Gasteiger partial charge in [0.15, 0.2) is 0 Å². The number of nitrogens with zero attached hydrogens (tertiary/aromatic N) is 1. The Bertz CT molecular complexity index is 484. The van der Waals surface area contributed by atoms with E-state index in [2.05, 4.69) is 5.32 Å². The van der Waals surface area contributed by atoms with E-state index >= 15 is 0 Å². The van der Waals surface area contributed by atoms with Crippen molar-refractivity contribution >= 4 is 24.8 Å². The Balaban J connectivity index is 0.00000242. The smallest absolute Gasteiger partial charge is 0.408 e. The summed E-state index contributed by atoms with van der Waals surface area (Å²) in [5.74, 6) is 0.604. The number of alkyl halides is 3. The number of piperazine rings is 1. The molecule has 1 aromatic carbocycles. The molecule has 1 aliphatic rings. The Labute approximate surface area is 146 Å². The minimum Gasteiger partial charge on any atom is -0.497 e. The molecule has 0 unspecified atom stereocenters. The summed E-state index contributed by atoms with van der Waals surface area (Å²) in [6.07, 6.45) is -4.38. The van der Waals surface area contributed by atoms with Crippen LogP contribution in [0.15, 0.2) is 18.2 Å². The molecule has 0 radical (unpaired) electrons. The first-order chi connectivity index (χ1) is 9.97. The van der Waals surface area contributed by atoms with Gasteiger partial charge in [0.25, 0.3) is 0 Å². The molecule has 4 nitrogen and oxygen atoms in total. The third kappa shape index (κ3) is 5.31. The lowest BCUT2D eigenvalue weighted by Gasteiger charge is -2.36. The van der Waals surface area contributed by atoms with E-state index < -0.39 is 12.2 Å². The van der Waals surface area contributed by atoms with E-state index in [1.165, 1.54) is 31.3 Å². The van der Waals surface area contributed by atoms with Crippen LogP contribution in [0.5, 0.6) is 11.5 Å². The highest BCUT2D eigenvalue weighted by atomic mass is 35.5. The summed E-state index contributed by atoms with van der Waals surface area (Å²) >= 11 is 0. The molecular formula is C14H21Cl2F3N2O2. The Morgan fingerprint density at radius 3 is 2.17 bits per heavy atom. The quantitative estimate of drug-likeness (QED) is 0.875. The normalized spacial score (nSPS) is 16.7. The lowest BCUT2D eigenvalue weighted by Crippen LogP contribution is -2.49. The van der Waals surface area contributed by atoms with Crippen molar-refractivity contribution in [3.63, 3.8) is 0 Å². The Hall–Kier alpha value is -0.890. The van der Waals surface area contributed by atoms with Crippen LogP contribution in [-0.4, -0.2) is 51.5 Å². The number of methoxy groups -OCH3 is 2. The summed E-state index contributed by atoms with van der Waals surface area (Å²) in [6, 6.07) is 2.81. The van der Waals surface area contributed by atoms with E-state index in [1.807, 2.05) is 0 Å². The van der Waals surface area contributed by atoms with E-state index in [0.717, 1.165) is 0 Å². The second kappa shape index (κ2) is 9.42. The summed E-state index contributed by atoms with van der Waals surface area (Å²) in [6.45, 7) is 1.76. The maximum Gasteiger partial charge on any atom is 0.408 e. The van der Waals surface area contributed by atoms with Crippen molar-refractivity contribution in [3.05, 3.63) is 23.8 Å². The van der Waals surface area contributed by atoms with Gasteiger partial charge in [0.05, 0.1) is 14.2 Å². The molecule has 0 aliphatic carbocycles. The van der Waals surface area contributed by atoms with Crippen LogP contribution in [0, 0.1) is 0 Å². The molecule has 1 N–H and O–H groups in total. The highest BCUT2D eigenvalue weighted by Gasteiger charge is 2.46. The fraction of sp³-hybridized carbons (Fsp3) is 0.571. The summed E-state index contributed by atoms with van der Waals surface area (Å²) < 4.78 is 50.9. The number of benzene rings is 1. The molecule has 0 saturated carbocycles. The maximum absolute atomic E-state index is 13.6. The van der Waals surface area contributed by atoms with Crippen LogP contribution in [0.3, 0.4) is 0 Å². The van der Waals surface area contributed by atoms with Crippen LogP contribution in [-0.2, 0) is 0 Å². The summed E-state index contributed by atoms with van der Waals surface area (Å²) in [5.41, 5.74) is 0.0891. The molecule has 2 rings (SSSR count). The third-order valence-electron chi connectivity index (χ3n) is 3.56. The van der Waals surface area contributed by atoms with Crippen molar-refractivity contribution in [1.82, 2.24) is 10.2 Å². The van der Waals surface area contributed by atoms with Gasteiger partial charge in [-0.1, -0.05) is 0 Å². The van der Waals surface area contributed by atoms with Crippen molar-refractivity contribution in [2.45, 2.75) is 12.2 Å². The van der Waals surface area contributed by atoms with Crippen molar-refractivity contribution in [3.8, 4) is 11.5 Å². The predicted molar refractivity (Wildman–Crippen MR) is 87.3 cm³/mol. The molecule has 134 valence electrons. The SMILES string of the molecule is COc1ccc(OC)c([C@@H](N2CCNCC2)C(F)(F)F)c1.Cl.Cl. The molecule has 1 aliphatic heterocycles. The number of nitrogens with one attached hydrogen (secondary N) is 1. The molecule has 0 amide bonds. The Morgan fingerprint density at radius 2 is 1.70 bits per heavy atom. The van der Waals surface area contributed by atoms with Gasteiger partial charge < -0.3 is 14.8 Å². The standard InChI is InChI=1S/C14H19F3N2O2.2ClH/c1-20-10-3-4-12(21-2)11(9-10)13(14(15,16)17)19-7-5-18-6-8-19;;/h3-4,9,13,18H,5-8H2,1-2H3;2*1H/t13-;;/m1../s1. The lowest BCUT2D eigenvalue weighted by atomic mass is 10.0. The summed E-state index contributed by atoms with van der Waals surface area (Å²) in [5, 5.41) is 3.06. The van der Waals surface area contributed by atoms with Gasteiger partial charge in [-0.05, 0) is 18.2 Å². The minimum absolute atomic E-state index is 0. The van der Waals surface area contributed by atoms with E-state index in [4.69, 9.17) is 9.47 Å². The molecular weight excluding hydrogens is 356 g/mol. The highest BCUT2D eigenvalue weighted by molar-refractivity contribution is 5.85. The first-order valence-corrected chi connectivity index (χ1v) is 6.70. The minimum atomic E-state index is -4.38. The van der Waals surface area contributed by atoms with E-state index in [9.17, 15) is 13.2 Å². The van der Waals surface area contributed by atoms with Gasteiger partial charge in [0.1, 0.15) is 17.5 Å². The van der Waals surface area contributed by atoms with Gasteiger partial charge >= 0.3 is 6.18 Å². The molecule has 1 aromatic rings. The molecule has 1 atom stereocenters. The fourth-order valence-corrected chi connectivity index (χ4v) is 2.57. The maximum atomic E-state index is 13.6. The predicted octanol–water partition coefficient (Wildman–Crippen LogP) is 3.06. The average molecular weight is 377 g/mol. The van der Waals surface area contributed by atoms with Crippen molar-refractivity contribution in [1.29, 1.82) is 0 Å². The summed E-state index contributed by atoms with van der Waals surface area (Å²) in [4.78, 5) is 1.42. The van der Waals surface area contributed by atoms with E-state index in [1.54, 1.807) is 6.07 Å². The van der Waals surface area contributed by atoms with Crippen LogP contribution < -0.4 is 14.8 Å². The molecule has 1 heterocycles. The molecule has 1 saturated heterocycles. The van der Waals surface area contributed by atoms with Crippen molar-refractivity contribution in [2.75, 3.05) is 40.4 Å². The molecule has 0 bridgehead atoms. The van der Waals surface area contributed by atoms with Crippen LogP contribution in [0.2, 0.25) is 0 Å². The van der Waals surface area contributed by atoms with E-state index in [-0.39, 0.29) is 36.1 Å². The average Bonchev–Trinajstić information content (AvgIpc) is 2.47. The van der Waals surface area contributed by atoms with Gasteiger partial charge in [0, 0.05) is 31.7 Å². The van der Waals surface area contributed by atoms with Crippen molar-refractivity contribution < 1.29 is 22.6 Å². The zero-order valence-corrected chi connectivity index (χ0v) is 14.5. The molecule has 23 heavy (non-hydrogen) atoms. The topological polar surface area (TPSA) is 33.7 Å². The zero-order valence-electron chi connectivity index (χ0n) is 12.9. The van der Waals surface area contributed by atoms with Gasteiger partial charge in [-0.3, -0.25) is 4.90 Å². The molecule has 0 spiro atoms. The Morgan fingerprint density at radius 1 is 1.09 bits per heavy atom. The second-order valence-corrected chi connectivity index (χ2v) is 4.84. The number of hydrogen-bond donors (Lipinski definition) is 1. The number of ether oxygens (including phenoxy) is 2. The number of rotatable bonds is 4. The lowest BCUT2D eigenvalue weighted by molar-refractivity contribution is -0.188.